The number of anilines is 1. The van der Waals surface area contributed by atoms with Gasteiger partial charge in [-0.3, -0.25) is 4.79 Å². The van der Waals surface area contributed by atoms with E-state index in [1.54, 1.807) is 0 Å². The van der Waals surface area contributed by atoms with E-state index in [0.717, 1.165) is 24.9 Å². The molecule has 24 heavy (non-hydrogen) atoms. The number of carbonyl (C=O) groups is 1. The minimum Gasteiger partial charge on any atom is -0.309 e. The van der Waals surface area contributed by atoms with Crippen LogP contribution in [0.2, 0.25) is 0 Å². The van der Waals surface area contributed by atoms with Gasteiger partial charge >= 0.3 is 0 Å². The summed E-state index contributed by atoms with van der Waals surface area (Å²) in [6.07, 6.45) is 5.64. The van der Waals surface area contributed by atoms with Crippen molar-refractivity contribution in [2.24, 2.45) is 0 Å². The van der Waals surface area contributed by atoms with Gasteiger partial charge in [-0.25, -0.2) is 0 Å². The molecule has 0 fully saturated rings. The van der Waals surface area contributed by atoms with E-state index in [4.69, 9.17) is 0 Å². The molecule has 1 aliphatic rings. The molecule has 0 aliphatic carbocycles. The normalized spacial score (nSPS) is 20.0. The number of hydrogen-bond donors (Lipinski definition) is 0. The molecule has 1 heterocycles. The lowest BCUT2D eigenvalue weighted by Crippen LogP contribution is -2.41. The van der Waals surface area contributed by atoms with Gasteiger partial charge in [0.25, 0.3) is 0 Å². The smallest absolute Gasteiger partial charge is 0.237 e. The molecule has 1 aromatic carbocycles. The van der Waals surface area contributed by atoms with Crippen LogP contribution in [0.4, 0.5) is 5.69 Å². The van der Waals surface area contributed by atoms with Gasteiger partial charge in [-0.2, -0.15) is 0 Å². The van der Waals surface area contributed by atoms with Gasteiger partial charge in [0.1, 0.15) is 0 Å². The third kappa shape index (κ3) is 3.00. The van der Waals surface area contributed by atoms with E-state index in [1.807, 2.05) is 0 Å². The quantitative estimate of drug-likeness (QED) is 0.603. The standard InChI is InChI=1S/C22H35NO/c1-8-11-16(4)23-19-15-17(22(7,10-3)14-9-2)12-13-18(19)21(5,6)20(23)24/h12-13,15-16H,8-11,14H2,1-7H3. The van der Waals surface area contributed by atoms with Crippen molar-refractivity contribution in [3.63, 3.8) is 0 Å². The van der Waals surface area contributed by atoms with Crippen molar-refractivity contribution >= 4 is 11.6 Å². The molecule has 134 valence electrons. The fourth-order valence-electron chi connectivity index (χ4n) is 4.22. The maximum absolute atomic E-state index is 13.1. The predicted octanol–water partition coefficient (Wildman–Crippen LogP) is 5.97. The molecular formula is C22H35NO. The average Bonchev–Trinajstić information content (AvgIpc) is 2.74. The Morgan fingerprint density at radius 3 is 2.38 bits per heavy atom. The summed E-state index contributed by atoms with van der Waals surface area (Å²) >= 11 is 0. The van der Waals surface area contributed by atoms with Crippen molar-refractivity contribution in [2.45, 2.75) is 97.4 Å². The van der Waals surface area contributed by atoms with Crippen LogP contribution in [0, 0.1) is 0 Å². The van der Waals surface area contributed by atoms with E-state index < -0.39 is 5.41 Å². The number of hydrogen-bond acceptors (Lipinski definition) is 1. The Morgan fingerprint density at radius 1 is 1.17 bits per heavy atom. The summed E-state index contributed by atoms with van der Waals surface area (Å²) in [7, 11) is 0. The van der Waals surface area contributed by atoms with Crippen LogP contribution in [0.5, 0.6) is 0 Å². The molecule has 0 bridgehead atoms. The molecule has 0 saturated heterocycles. The van der Waals surface area contributed by atoms with Crippen LogP contribution >= 0.6 is 0 Å². The van der Waals surface area contributed by atoms with Crippen LogP contribution in [0.25, 0.3) is 0 Å². The van der Waals surface area contributed by atoms with E-state index in [2.05, 4.69) is 71.6 Å². The first kappa shape index (κ1) is 19.0. The van der Waals surface area contributed by atoms with E-state index in [1.165, 1.54) is 24.0 Å². The monoisotopic (exact) mass is 329 g/mol. The summed E-state index contributed by atoms with van der Waals surface area (Å²) in [5.41, 5.74) is 3.50. The summed E-state index contributed by atoms with van der Waals surface area (Å²) in [4.78, 5) is 15.2. The largest absolute Gasteiger partial charge is 0.309 e. The summed E-state index contributed by atoms with van der Waals surface area (Å²) < 4.78 is 0. The van der Waals surface area contributed by atoms with E-state index in [9.17, 15) is 4.79 Å². The maximum Gasteiger partial charge on any atom is 0.237 e. The van der Waals surface area contributed by atoms with Crippen molar-refractivity contribution in [1.82, 2.24) is 0 Å². The molecule has 0 spiro atoms. The molecule has 0 N–H and O–H groups in total. The fraction of sp³-hybridized carbons (Fsp3) is 0.682. The van der Waals surface area contributed by atoms with Gasteiger partial charge in [-0.05, 0) is 62.6 Å². The van der Waals surface area contributed by atoms with Crippen LogP contribution in [-0.2, 0) is 15.6 Å². The number of benzene rings is 1. The second kappa shape index (κ2) is 6.90. The average molecular weight is 330 g/mol. The summed E-state index contributed by atoms with van der Waals surface area (Å²) in [6, 6.07) is 7.05. The van der Waals surface area contributed by atoms with Crippen molar-refractivity contribution in [2.75, 3.05) is 4.90 Å². The predicted molar refractivity (Wildman–Crippen MR) is 104 cm³/mol. The highest BCUT2D eigenvalue weighted by Crippen LogP contribution is 2.45. The second-order valence-corrected chi connectivity index (χ2v) is 8.33. The zero-order valence-electron chi connectivity index (χ0n) is 16.7. The van der Waals surface area contributed by atoms with Gasteiger partial charge < -0.3 is 4.90 Å². The first-order valence-electron chi connectivity index (χ1n) is 9.71. The maximum atomic E-state index is 13.1. The highest BCUT2D eigenvalue weighted by molar-refractivity contribution is 6.08. The lowest BCUT2D eigenvalue weighted by Gasteiger charge is -2.31. The summed E-state index contributed by atoms with van der Waals surface area (Å²) in [5, 5.41) is 0. The van der Waals surface area contributed by atoms with Crippen molar-refractivity contribution in [3.05, 3.63) is 29.3 Å². The minimum absolute atomic E-state index is 0.194. The summed E-state index contributed by atoms with van der Waals surface area (Å²) in [6.45, 7) is 15.4. The number of nitrogens with zero attached hydrogens (tertiary/aromatic N) is 1. The molecule has 1 amide bonds. The molecular weight excluding hydrogens is 294 g/mol. The van der Waals surface area contributed by atoms with E-state index in [-0.39, 0.29) is 17.4 Å². The summed E-state index contributed by atoms with van der Waals surface area (Å²) in [5.74, 6) is 0.254. The van der Waals surface area contributed by atoms with Gasteiger partial charge in [0.05, 0.1) is 5.41 Å². The lowest BCUT2D eigenvalue weighted by atomic mass is 9.75. The van der Waals surface area contributed by atoms with Gasteiger partial charge in [0, 0.05) is 11.7 Å². The van der Waals surface area contributed by atoms with Gasteiger partial charge in [-0.1, -0.05) is 52.7 Å². The van der Waals surface area contributed by atoms with Gasteiger partial charge in [-0.15, -0.1) is 0 Å². The van der Waals surface area contributed by atoms with Crippen molar-refractivity contribution < 1.29 is 4.79 Å². The first-order valence-corrected chi connectivity index (χ1v) is 9.71. The van der Waals surface area contributed by atoms with Gasteiger partial charge in [0.2, 0.25) is 5.91 Å². The Bertz CT molecular complexity index is 604. The zero-order chi connectivity index (χ0) is 18.1. The highest BCUT2D eigenvalue weighted by atomic mass is 16.2. The molecule has 1 aromatic rings. The van der Waals surface area contributed by atoms with E-state index in [0.29, 0.717) is 0 Å². The Balaban J connectivity index is 2.55. The Morgan fingerprint density at radius 2 is 1.83 bits per heavy atom. The molecule has 2 rings (SSSR count). The fourth-order valence-corrected chi connectivity index (χ4v) is 4.22. The SMILES string of the molecule is CCCC(C)N1C(=O)C(C)(C)c2ccc(C(C)(CC)CCC)cc21. The molecule has 0 aromatic heterocycles. The molecule has 0 saturated carbocycles. The number of rotatable bonds is 7. The molecule has 0 radical (unpaired) electrons. The molecule has 2 atom stereocenters. The highest BCUT2D eigenvalue weighted by Gasteiger charge is 2.45. The van der Waals surface area contributed by atoms with Crippen LogP contribution in [0.1, 0.15) is 91.7 Å². The van der Waals surface area contributed by atoms with Crippen LogP contribution in [0.3, 0.4) is 0 Å². The first-order chi connectivity index (χ1) is 11.2. The van der Waals surface area contributed by atoms with Crippen molar-refractivity contribution in [1.29, 1.82) is 0 Å². The number of carbonyl (C=O) groups excluding carboxylic acids is 1. The second-order valence-electron chi connectivity index (χ2n) is 8.33. The van der Waals surface area contributed by atoms with E-state index >= 15 is 0 Å². The molecule has 2 unspecified atom stereocenters. The third-order valence-corrected chi connectivity index (χ3v) is 6.11. The minimum atomic E-state index is -0.413. The van der Waals surface area contributed by atoms with Crippen LogP contribution in [0.15, 0.2) is 18.2 Å². The topological polar surface area (TPSA) is 20.3 Å². The molecule has 2 heteroatoms. The number of fused-ring (bicyclic) bond motifs is 1. The van der Waals surface area contributed by atoms with Crippen LogP contribution in [-0.4, -0.2) is 11.9 Å². The third-order valence-electron chi connectivity index (χ3n) is 6.11. The Hall–Kier alpha value is -1.31. The molecule has 1 aliphatic heterocycles. The molecule has 2 nitrogen and oxygen atoms in total. The Kier molecular flexibility index (Phi) is 5.47. The Labute approximate surface area is 148 Å². The number of amides is 1. The lowest BCUT2D eigenvalue weighted by molar-refractivity contribution is -0.122. The van der Waals surface area contributed by atoms with Crippen LogP contribution < -0.4 is 4.90 Å². The van der Waals surface area contributed by atoms with Crippen molar-refractivity contribution in [3.8, 4) is 0 Å². The zero-order valence-corrected chi connectivity index (χ0v) is 16.7. The van der Waals surface area contributed by atoms with Gasteiger partial charge in [0.15, 0.2) is 0 Å².